The van der Waals surface area contributed by atoms with Crippen molar-refractivity contribution in [2.75, 3.05) is 20.8 Å². The standard InChI is InChI=1S/C8H11Br2NOS/c1-11-6(4-12-2)7-3-5(9)8(10)13-7/h3,6,11H,4H2,1-2H3. The fraction of sp³-hybridized carbons (Fsp3) is 0.500. The van der Waals surface area contributed by atoms with E-state index >= 15 is 0 Å². The molecule has 0 amide bonds. The van der Waals surface area contributed by atoms with E-state index in [9.17, 15) is 0 Å². The van der Waals surface area contributed by atoms with Crippen molar-refractivity contribution in [2.45, 2.75) is 6.04 Å². The van der Waals surface area contributed by atoms with E-state index in [0.717, 1.165) is 8.26 Å². The van der Waals surface area contributed by atoms with Gasteiger partial charge in [-0.2, -0.15) is 0 Å². The lowest BCUT2D eigenvalue weighted by atomic mass is 10.2. The van der Waals surface area contributed by atoms with Crippen LogP contribution in [0.5, 0.6) is 0 Å². The predicted octanol–water partition coefficient (Wildman–Crippen LogP) is 3.18. The van der Waals surface area contributed by atoms with E-state index in [1.807, 2.05) is 7.05 Å². The Bertz CT molecular complexity index is 258. The van der Waals surface area contributed by atoms with E-state index in [0.29, 0.717) is 6.61 Å². The maximum absolute atomic E-state index is 5.11. The minimum Gasteiger partial charge on any atom is -0.383 e. The number of hydrogen-bond donors (Lipinski definition) is 1. The Morgan fingerprint density at radius 3 is 2.69 bits per heavy atom. The predicted molar refractivity (Wildman–Crippen MR) is 63.4 cm³/mol. The fourth-order valence-corrected chi connectivity index (χ4v) is 3.19. The zero-order valence-electron chi connectivity index (χ0n) is 7.43. The van der Waals surface area contributed by atoms with Crippen molar-refractivity contribution in [1.82, 2.24) is 5.32 Å². The van der Waals surface area contributed by atoms with Crippen LogP contribution in [0.3, 0.4) is 0 Å². The summed E-state index contributed by atoms with van der Waals surface area (Å²) in [6, 6.07) is 2.38. The highest BCUT2D eigenvalue weighted by atomic mass is 79.9. The number of likely N-dealkylation sites (N-methyl/N-ethyl adjacent to an activating group) is 1. The zero-order chi connectivity index (χ0) is 9.84. The zero-order valence-corrected chi connectivity index (χ0v) is 11.4. The van der Waals surface area contributed by atoms with Gasteiger partial charge in [0.15, 0.2) is 0 Å². The van der Waals surface area contributed by atoms with E-state index < -0.39 is 0 Å². The normalized spacial score (nSPS) is 13.2. The first-order chi connectivity index (χ1) is 6.19. The molecule has 13 heavy (non-hydrogen) atoms. The summed E-state index contributed by atoms with van der Waals surface area (Å²) in [4.78, 5) is 1.27. The first-order valence-electron chi connectivity index (χ1n) is 3.80. The van der Waals surface area contributed by atoms with E-state index in [1.165, 1.54) is 4.88 Å². The summed E-state index contributed by atoms with van der Waals surface area (Å²) in [5, 5.41) is 3.20. The third-order valence-corrected chi connectivity index (χ3v) is 5.06. The maximum atomic E-state index is 5.11. The Morgan fingerprint density at radius 2 is 2.31 bits per heavy atom. The van der Waals surface area contributed by atoms with Crippen LogP contribution in [0, 0.1) is 0 Å². The summed E-state index contributed by atoms with van der Waals surface area (Å²) in [5.41, 5.74) is 0. The van der Waals surface area contributed by atoms with Crippen LogP contribution >= 0.6 is 43.2 Å². The fourth-order valence-electron chi connectivity index (χ4n) is 1.01. The maximum Gasteiger partial charge on any atom is 0.0843 e. The molecule has 0 bridgehead atoms. The van der Waals surface area contributed by atoms with Gasteiger partial charge in [-0.25, -0.2) is 0 Å². The molecule has 0 saturated carbocycles. The van der Waals surface area contributed by atoms with Crippen LogP contribution < -0.4 is 5.32 Å². The summed E-state index contributed by atoms with van der Waals surface area (Å²) < 4.78 is 7.34. The molecule has 1 N–H and O–H groups in total. The van der Waals surface area contributed by atoms with Crippen molar-refractivity contribution in [1.29, 1.82) is 0 Å². The Balaban J connectivity index is 2.78. The molecule has 1 aromatic rings. The highest BCUT2D eigenvalue weighted by Crippen LogP contribution is 2.35. The number of hydrogen-bond acceptors (Lipinski definition) is 3. The van der Waals surface area contributed by atoms with Crippen LogP contribution in [0.4, 0.5) is 0 Å². The number of nitrogens with one attached hydrogen (secondary N) is 1. The van der Waals surface area contributed by atoms with E-state index in [4.69, 9.17) is 4.74 Å². The first kappa shape index (κ1) is 11.7. The van der Waals surface area contributed by atoms with Crippen molar-refractivity contribution < 1.29 is 4.74 Å². The molecule has 2 nitrogen and oxygen atoms in total. The Labute approximate surface area is 98.9 Å². The minimum absolute atomic E-state index is 0.276. The van der Waals surface area contributed by atoms with Crippen LogP contribution in [0.1, 0.15) is 10.9 Å². The van der Waals surface area contributed by atoms with E-state index in [2.05, 4.69) is 43.2 Å². The van der Waals surface area contributed by atoms with Gasteiger partial charge in [-0.15, -0.1) is 11.3 Å². The molecule has 0 spiro atoms. The Morgan fingerprint density at radius 1 is 1.62 bits per heavy atom. The Kier molecular flexibility index (Phi) is 4.89. The number of methoxy groups -OCH3 is 1. The first-order valence-corrected chi connectivity index (χ1v) is 6.20. The summed E-state index contributed by atoms with van der Waals surface area (Å²) in [7, 11) is 3.65. The molecule has 1 atom stereocenters. The van der Waals surface area contributed by atoms with Crippen molar-refractivity contribution in [3.8, 4) is 0 Å². The molecule has 1 unspecified atom stereocenters. The van der Waals surface area contributed by atoms with Crippen LogP contribution in [0.2, 0.25) is 0 Å². The van der Waals surface area contributed by atoms with Gasteiger partial charge in [-0.3, -0.25) is 0 Å². The van der Waals surface area contributed by atoms with Crippen molar-refractivity contribution in [3.63, 3.8) is 0 Å². The smallest absolute Gasteiger partial charge is 0.0843 e. The van der Waals surface area contributed by atoms with Gasteiger partial charge in [0.25, 0.3) is 0 Å². The minimum atomic E-state index is 0.276. The average Bonchev–Trinajstić information content (AvgIpc) is 2.43. The topological polar surface area (TPSA) is 21.3 Å². The van der Waals surface area contributed by atoms with Gasteiger partial charge in [0.05, 0.1) is 16.4 Å². The van der Waals surface area contributed by atoms with Crippen molar-refractivity contribution in [2.24, 2.45) is 0 Å². The number of ether oxygens (including phenoxy) is 1. The van der Waals surface area contributed by atoms with Gasteiger partial charge in [0, 0.05) is 16.5 Å². The number of rotatable bonds is 4. The van der Waals surface area contributed by atoms with Gasteiger partial charge in [0.1, 0.15) is 0 Å². The monoisotopic (exact) mass is 327 g/mol. The summed E-state index contributed by atoms with van der Waals surface area (Å²) in [6.45, 7) is 0.690. The van der Waals surface area contributed by atoms with Gasteiger partial charge in [0.2, 0.25) is 0 Å². The highest BCUT2D eigenvalue weighted by molar-refractivity contribution is 9.13. The number of halogens is 2. The molecule has 0 aliphatic rings. The van der Waals surface area contributed by atoms with Gasteiger partial charge >= 0.3 is 0 Å². The largest absolute Gasteiger partial charge is 0.383 e. The Hall–Kier alpha value is 0.580. The summed E-state index contributed by atoms with van der Waals surface area (Å²) >= 11 is 8.64. The summed E-state index contributed by atoms with van der Waals surface area (Å²) in [6.07, 6.45) is 0. The lowest BCUT2D eigenvalue weighted by Gasteiger charge is -2.12. The summed E-state index contributed by atoms with van der Waals surface area (Å²) in [5.74, 6) is 0. The molecular weight excluding hydrogens is 318 g/mol. The number of thiophene rings is 1. The van der Waals surface area contributed by atoms with E-state index in [1.54, 1.807) is 18.4 Å². The van der Waals surface area contributed by atoms with Crippen LogP contribution in [-0.4, -0.2) is 20.8 Å². The lowest BCUT2D eigenvalue weighted by molar-refractivity contribution is 0.171. The molecule has 0 aliphatic heterocycles. The second-order valence-corrected chi connectivity index (χ2v) is 5.82. The van der Waals surface area contributed by atoms with Gasteiger partial charge < -0.3 is 10.1 Å². The molecule has 1 aromatic heterocycles. The molecule has 1 rings (SSSR count). The second kappa shape index (κ2) is 5.46. The van der Waals surface area contributed by atoms with Crippen LogP contribution in [0.15, 0.2) is 14.3 Å². The van der Waals surface area contributed by atoms with Crippen LogP contribution in [-0.2, 0) is 4.74 Å². The SMILES string of the molecule is CNC(COC)c1cc(Br)c(Br)s1. The molecular formula is C8H11Br2NOS. The average molecular weight is 329 g/mol. The second-order valence-electron chi connectivity index (χ2n) is 2.57. The highest BCUT2D eigenvalue weighted by Gasteiger charge is 2.13. The quantitative estimate of drug-likeness (QED) is 0.916. The van der Waals surface area contributed by atoms with E-state index in [-0.39, 0.29) is 6.04 Å². The third-order valence-electron chi connectivity index (χ3n) is 1.69. The van der Waals surface area contributed by atoms with Crippen molar-refractivity contribution >= 4 is 43.2 Å². The molecule has 74 valence electrons. The molecule has 0 saturated heterocycles. The molecule has 1 heterocycles. The molecule has 0 radical (unpaired) electrons. The van der Waals surface area contributed by atoms with Gasteiger partial charge in [-0.05, 0) is 45.0 Å². The lowest BCUT2D eigenvalue weighted by Crippen LogP contribution is -2.19. The van der Waals surface area contributed by atoms with Gasteiger partial charge in [-0.1, -0.05) is 0 Å². The third kappa shape index (κ3) is 3.02. The van der Waals surface area contributed by atoms with Crippen molar-refractivity contribution in [3.05, 3.63) is 19.2 Å². The van der Waals surface area contributed by atoms with Crippen LogP contribution in [0.25, 0.3) is 0 Å². The molecule has 5 heteroatoms. The molecule has 0 aromatic carbocycles. The molecule has 0 aliphatic carbocycles. The molecule has 0 fully saturated rings.